The highest BCUT2D eigenvalue weighted by atomic mass is 32.2. The average molecular weight is 565 g/mol. The number of primary sulfonamides is 2. The van der Waals surface area contributed by atoms with Gasteiger partial charge < -0.3 is 0 Å². The third-order valence-corrected chi connectivity index (χ3v) is 8.65. The minimum Gasteiger partial charge on any atom is -0.274 e. The van der Waals surface area contributed by atoms with Gasteiger partial charge in [-0.05, 0) is 48.5 Å². The van der Waals surface area contributed by atoms with Crippen LogP contribution in [-0.4, -0.2) is 40.5 Å². The third kappa shape index (κ3) is 5.53. The lowest BCUT2D eigenvalue weighted by atomic mass is 10.00. The van der Waals surface area contributed by atoms with Crippen LogP contribution in [0.3, 0.4) is 0 Å². The van der Waals surface area contributed by atoms with Crippen LogP contribution in [0.15, 0.2) is 58.3 Å². The number of rotatable bonds is 4. The fourth-order valence-electron chi connectivity index (χ4n) is 3.97. The molecule has 4 amide bonds. The van der Waals surface area contributed by atoms with Crippen LogP contribution in [-0.2, 0) is 39.2 Å². The van der Waals surface area contributed by atoms with Crippen LogP contribution in [0.1, 0.15) is 27.7 Å². The predicted octanol–water partition coefficient (Wildman–Crippen LogP) is 0.959. The Labute approximate surface area is 220 Å². The minimum atomic E-state index is -3.78. The molecule has 4 N–H and O–H groups in total. The number of carbonyl (C=O) groups excluding carboxylic acids is 4. The summed E-state index contributed by atoms with van der Waals surface area (Å²) < 4.78 is 44.5. The Bertz CT molecular complexity index is 1350. The zero-order valence-corrected chi connectivity index (χ0v) is 22.7. The van der Waals surface area contributed by atoms with Crippen LogP contribution in [0.5, 0.6) is 0 Å². The largest absolute Gasteiger partial charge is 0.274 e. The molecule has 0 bridgehead atoms. The Morgan fingerprint density at radius 3 is 0.895 bits per heavy atom. The zero-order valence-electron chi connectivity index (χ0n) is 21.1. The summed E-state index contributed by atoms with van der Waals surface area (Å²) in [4.78, 5) is 49.9. The van der Waals surface area contributed by atoms with Crippen molar-refractivity contribution < 1.29 is 36.0 Å². The van der Waals surface area contributed by atoms with E-state index in [1.54, 1.807) is 27.7 Å². The number of benzene rings is 2. The molecule has 0 aliphatic carbocycles. The van der Waals surface area contributed by atoms with Crippen LogP contribution in [0.4, 0.5) is 11.4 Å². The van der Waals surface area contributed by atoms with Crippen molar-refractivity contribution in [3.05, 3.63) is 48.5 Å². The lowest BCUT2D eigenvalue weighted by molar-refractivity contribution is -0.124. The van der Waals surface area contributed by atoms with Crippen molar-refractivity contribution >= 4 is 55.1 Å². The van der Waals surface area contributed by atoms with Crippen LogP contribution < -0.4 is 20.1 Å². The number of hydrogen-bond acceptors (Lipinski definition) is 8. The normalized spacial score (nSPS) is 24.1. The van der Waals surface area contributed by atoms with E-state index in [1.807, 2.05) is 0 Å². The van der Waals surface area contributed by atoms with Crippen LogP contribution in [0.25, 0.3) is 0 Å². The van der Waals surface area contributed by atoms with E-state index in [1.165, 1.54) is 48.5 Å². The van der Waals surface area contributed by atoms with Crippen molar-refractivity contribution in [1.29, 1.82) is 0 Å². The lowest BCUT2D eigenvalue weighted by Crippen LogP contribution is -2.30. The highest BCUT2D eigenvalue weighted by Crippen LogP contribution is 2.32. The van der Waals surface area contributed by atoms with Gasteiger partial charge >= 0.3 is 0 Å². The summed E-state index contributed by atoms with van der Waals surface area (Å²) >= 11 is 0. The Morgan fingerprint density at radius 2 is 0.711 bits per heavy atom. The first-order chi connectivity index (χ1) is 17.5. The molecule has 4 rings (SSSR count). The molecule has 14 heteroatoms. The predicted molar refractivity (Wildman–Crippen MR) is 137 cm³/mol. The average Bonchev–Trinajstić information content (AvgIpc) is 3.16. The van der Waals surface area contributed by atoms with E-state index in [2.05, 4.69) is 0 Å². The van der Waals surface area contributed by atoms with Crippen LogP contribution in [0, 0.1) is 23.7 Å². The number of hydrogen-bond donors (Lipinski definition) is 2. The second-order valence-corrected chi connectivity index (χ2v) is 12.4. The molecule has 2 aromatic rings. The van der Waals surface area contributed by atoms with E-state index in [0.29, 0.717) is 11.4 Å². The van der Waals surface area contributed by atoms with E-state index < -0.39 is 20.0 Å². The van der Waals surface area contributed by atoms with Crippen molar-refractivity contribution in [2.24, 2.45) is 33.9 Å². The minimum absolute atomic E-state index is 0.0589. The molecule has 0 aromatic heterocycles. The van der Waals surface area contributed by atoms with Gasteiger partial charge in [0.15, 0.2) is 0 Å². The van der Waals surface area contributed by atoms with E-state index in [0.717, 1.165) is 9.80 Å². The summed E-state index contributed by atoms with van der Waals surface area (Å²) in [7, 11) is -7.56. The van der Waals surface area contributed by atoms with Gasteiger partial charge in [0.2, 0.25) is 43.7 Å². The maximum absolute atomic E-state index is 12.0. The molecule has 2 aromatic carbocycles. The van der Waals surface area contributed by atoms with Crippen molar-refractivity contribution in [2.75, 3.05) is 9.80 Å². The van der Waals surface area contributed by atoms with Gasteiger partial charge in [-0.15, -0.1) is 0 Å². The van der Waals surface area contributed by atoms with Gasteiger partial charge in [-0.3, -0.25) is 29.0 Å². The quantitative estimate of drug-likeness (QED) is 0.512. The molecule has 0 radical (unpaired) electrons. The highest BCUT2D eigenvalue weighted by Gasteiger charge is 2.44. The summed E-state index contributed by atoms with van der Waals surface area (Å²) in [5, 5.41) is 9.97. The van der Waals surface area contributed by atoms with E-state index in [9.17, 15) is 36.0 Å². The Balaban J connectivity index is 0.000000211. The summed E-state index contributed by atoms with van der Waals surface area (Å²) in [6, 6.07) is 10.7. The monoisotopic (exact) mass is 564 g/mol. The molecule has 204 valence electrons. The first kappa shape index (κ1) is 29.1. The highest BCUT2D eigenvalue weighted by molar-refractivity contribution is 7.89. The first-order valence-electron chi connectivity index (χ1n) is 11.5. The molecule has 12 nitrogen and oxygen atoms in total. The van der Waals surface area contributed by atoms with Gasteiger partial charge in [0.1, 0.15) is 0 Å². The Morgan fingerprint density at radius 1 is 0.500 bits per heavy atom. The van der Waals surface area contributed by atoms with E-state index in [-0.39, 0.29) is 57.1 Å². The maximum Gasteiger partial charge on any atom is 0.238 e. The standard InChI is InChI=1S/2C12H14N2O4S/c2*1-7-8(2)12(16)14(11(7)15)9-3-5-10(6-4-9)19(13,17)18/h2*3-8H,1-2H3,(H2,13,17,18). The van der Waals surface area contributed by atoms with Gasteiger partial charge in [-0.25, -0.2) is 27.1 Å². The number of nitrogens with two attached hydrogens (primary N) is 2. The van der Waals surface area contributed by atoms with Crippen LogP contribution >= 0.6 is 0 Å². The second-order valence-electron chi connectivity index (χ2n) is 9.26. The van der Waals surface area contributed by atoms with Crippen molar-refractivity contribution in [1.82, 2.24) is 0 Å². The number of amides is 4. The van der Waals surface area contributed by atoms with Crippen molar-refractivity contribution in [3.8, 4) is 0 Å². The molecule has 2 fully saturated rings. The molecule has 2 saturated heterocycles. The molecule has 0 saturated carbocycles. The Kier molecular flexibility index (Phi) is 7.94. The fraction of sp³-hybridized carbons (Fsp3) is 0.333. The third-order valence-electron chi connectivity index (χ3n) is 6.79. The smallest absolute Gasteiger partial charge is 0.238 e. The number of sulfonamides is 2. The van der Waals surface area contributed by atoms with Crippen molar-refractivity contribution in [2.45, 2.75) is 37.5 Å². The fourth-order valence-corrected chi connectivity index (χ4v) is 5.00. The number of imide groups is 2. The molecular formula is C24H28N4O8S2. The number of anilines is 2. The molecule has 2 heterocycles. The summed E-state index contributed by atoms with van der Waals surface area (Å²) in [6.45, 7) is 6.79. The van der Waals surface area contributed by atoms with Gasteiger partial charge in [-0.2, -0.15) is 0 Å². The summed E-state index contributed by atoms with van der Waals surface area (Å²) in [5.41, 5.74) is 0.720. The number of nitrogens with zero attached hydrogens (tertiary/aromatic N) is 2. The summed E-state index contributed by atoms with van der Waals surface area (Å²) in [6.07, 6.45) is 0. The zero-order chi connectivity index (χ0) is 28.7. The first-order valence-corrected chi connectivity index (χ1v) is 14.6. The number of carbonyl (C=O) groups is 4. The van der Waals surface area contributed by atoms with Gasteiger partial charge in [-0.1, -0.05) is 27.7 Å². The van der Waals surface area contributed by atoms with E-state index in [4.69, 9.17) is 10.3 Å². The lowest BCUT2D eigenvalue weighted by Gasteiger charge is -2.14. The van der Waals surface area contributed by atoms with Crippen molar-refractivity contribution in [3.63, 3.8) is 0 Å². The Hall–Kier alpha value is -3.46. The van der Waals surface area contributed by atoms with Crippen LogP contribution in [0.2, 0.25) is 0 Å². The molecule has 38 heavy (non-hydrogen) atoms. The molecule has 4 unspecified atom stereocenters. The van der Waals surface area contributed by atoms with Gasteiger partial charge in [0.25, 0.3) is 0 Å². The molecular weight excluding hydrogens is 536 g/mol. The summed E-state index contributed by atoms with van der Waals surface area (Å²) in [5.74, 6) is -2.59. The second kappa shape index (κ2) is 10.4. The molecule has 2 aliphatic heterocycles. The van der Waals surface area contributed by atoms with Gasteiger partial charge in [0, 0.05) is 23.7 Å². The van der Waals surface area contributed by atoms with E-state index >= 15 is 0 Å². The van der Waals surface area contributed by atoms with Gasteiger partial charge in [0.05, 0.1) is 21.2 Å². The topological polar surface area (TPSA) is 195 Å². The molecule has 0 spiro atoms. The maximum atomic E-state index is 12.0. The molecule has 4 atom stereocenters. The molecule has 2 aliphatic rings. The SMILES string of the molecule is CC1C(=O)N(c2ccc(S(N)(=O)=O)cc2)C(=O)C1C.CC1C(=O)N(c2ccc(S(N)(=O)=O)cc2)C(=O)C1C.